The van der Waals surface area contributed by atoms with Crippen LogP contribution in [0.15, 0.2) is 12.5 Å². The summed E-state index contributed by atoms with van der Waals surface area (Å²) in [6.07, 6.45) is 6.64. The first-order valence-electron chi connectivity index (χ1n) is 5.50. The molecule has 3 heterocycles. The molecule has 3 nitrogen and oxygen atoms in total. The Labute approximate surface area is 98.6 Å². The monoisotopic (exact) mass is 269 g/mol. The van der Waals surface area contributed by atoms with Crippen LogP contribution in [0.5, 0.6) is 0 Å². The number of halogens is 1. The van der Waals surface area contributed by atoms with Crippen molar-refractivity contribution >= 4 is 15.9 Å². The van der Waals surface area contributed by atoms with Gasteiger partial charge >= 0.3 is 0 Å². The average molecular weight is 270 g/mol. The van der Waals surface area contributed by atoms with Gasteiger partial charge in [-0.25, -0.2) is 4.98 Å². The van der Waals surface area contributed by atoms with Crippen molar-refractivity contribution in [2.24, 2.45) is 13.0 Å². The van der Waals surface area contributed by atoms with E-state index in [2.05, 4.69) is 37.4 Å². The zero-order valence-electron chi connectivity index (χ0n) is 8.99. The Morgan fingerprint density at radius 3 is 3.00 bits per heavy atom. The van der Waals surface area contributed by atoms with Crippen LogP contribution in [-0.4, -0.2) is 31.9 Å². The molecule has 0 aromatic carbocycles. The normalized spacial score (nSPS) is 34.4. The van der Waals surface area contributed by atoms with E-state index in [1.807, 2.05) is 12.5 Å². The van der Waals surface area contributed by atoms with Gasteiger partial charge in [0.1, 0.15) is 0 Å². The van der Waals surface area contributed by atoms with E-state index >= 15 is 0 Å². The van der Waals surface area contributed by atoms with Crippen molar-refractivity contribution in [3.8, 4) is 0 Å². The number of nitrogens with zero attached hydrogens (tertiary/aromatic N) is 3. The maximum Gasteiger partial charge on any atom is 0.0945 e. The molecule has 4 heteroatoms. The molecule has 1 aromatic rings. The van der Waals surface area contributed by atoms with Crippen LogP contribution in [-0.2, 0) is 13.6 Å². The lowest BCUT2D eigenvalue weighted by Crippen LogP contribution is -2.47. The first kappa shape index (κ1) is 9.85. The van der Waals surface area contributed by atoms with E-state index in [4.69, 9.17) is 0 Å². The molecule has 2 bridgehead atoms. The highest BCUT2D eigenvalue weighted by atomic mass is 79.9. The van der Waals surface area contributed by atoms with Crippen molar-refractivity contribution < 1.29 is 0 Å². The van der Waals surface area contributed by atoms with Crippen LogP contribution in [0.4, 0.5) is 0 Å². The van der Waals surface area contributed by atoms with E-state index in [1.54, 1.807) is 0 Å². The molecule has 1 saturated carbocycles. The van der Waals surface area contributed by atoms with Gasteiger partial charge in [-0.2, -0.15) is 0 Å². The van der Waals surface area contributed by atoms with Gasteiger partial charge in [-0.1, -0.05) is 15.9 Å². The quantitative estimate of drug-likeness (QED) is 0.781. The Kier molecular flexibility index (Phi) is 2.18. The van der Waals surface area contributed by atoms with Gasteiger partial charge in [-0.15, -0.1) is 0 Å². The van der Waals surface area contributed by atoms with Crippen molar-refractivity contribution in [1.82, 2.24) is 14.5 Å². The fraction of sp³-hybridized carbons (Fsp3) is 0.727. The molecular formula is C11H16BrN3. The summed E-state index contributed by atoms with van der Waals surface area (Å²) in [6, 6.07) is 0. The third-order valence-electron chi connectivity index (χ3n) is 4.00. The molecule has 0 N–H and O–H groups in total. The number of aryl methyl sites for hydroxylation is 1. The molecule has 1 aromatic heterocycles. The van der Waals surface area contributed by atoms with Gasteiger partial charge < -0.3 is 4.57 Å². The van der Waals surface area contributed by atoms with Crippen LogP contribution >= 0.6 is 15.9 Å². The molecule has 4 rings (SSSR count). The first-order chi connectivity index (χ1) is 7.23. The lowest BCUT2D eigenvalue weighted by Gasteiger charge is -2.41. The van der Waals surface area contributed by atoms with Crippen LogP contribution in [0.3, 0.4) is 0 Å². The number of hydrogen-bond acceptors (Lipinski definition) is 2. The molecular weight excluding hydrogens is 254 g/mol. The Bertz CT molecular complexity index is 368. The van der Waals surface area contributed by atoms with Crippen LogP contribution in [0.25, 0.3) is 0 Å². The number of alkyl halides is 1. The fourth-order valence-corrected chi connectivity index (χ4v) is 3.88. The van der Waals surface area contributed by atoms with Gasteiger partial charge in [0, 0.05) is 37.2 Å². The highest BCUT2D eigenvalue weighted by Gasteiger charge is 2.54. The Morgan fingerprint density at radius 1 is 1.60 bits per heavy atom. The largest absolute Gasteiger partial charge is 0.337 e. The fourth-order valence-electron chi connectivity index (χ4n) is 3.07. The lowest BCUT2D eigenvalue weighted by molar-refractivity contribution is 0.127. The smallest absolute Gasteiger partial charge is 0.0945 e. The third kappa shape index (κ3) is 1.38. The molecule has 82 valence electrons. The van der Waals surface area contributed by atoms with Crippen molar-refractivity contribution in [2.45, 2.75) is 24.9 Å². The Hall–Kier alpha value is -0.350. The van der Waals surface area contributed by atoms with E-state index in [9.17, 15) is 0 Å². The van der Waals surface area contributed by atoms with Crippen LogP contribution in [0.1, 0.15) is 18.5 Å². The molecule has 2 saturated heterocycles. The highest BCUT2D eigenvalue weighted by molar-refractivity contribution is 9.09. The van der Waals surface area contributed by atoms with Crippen LogP contribution in [0, 0.1) is 5.92 Å². The van der Waals surface area contributed by atoms with Gasteiger partial charge in [0.2, 0.25) is 0 Å². The number of fused-ring (bicyclic) bond motifs is 1. The summed E-state index contributed by atoms with van der Waals surface area (Å²) in [5.41, 5.74) is 1.79. The molecule has 1 aliphatic carbocycles. The van der Waals surface area contributed by atoms with Gasteiger partial charge in [-0.05, 0) is 18.8 Å². The van der Waals surface area contributed by atoms with Crippen LogP contribution in [0.2, 0.25) is 0 Å². The molecule has 3 aliphatic rings. The Balaban J connectivity index is 1.77. The predicted molar refractivity (Wildman–Crippen MR) is 62.9 cm³/mol. The highest BCUT2D eigenvalue weighted by Crippen LogP contribution is 2.51. The number of aromatic nitrogens is 2. The maximum absolute atomic E-state index is 4.18. The molecule has 15 heavy (non-hydrogen) atoms. The van der Waals surface area contributed by atoms with Crippen molar-refractivity contribution in [1.29, 1.82) is 0 Å². The standard InChI is InChI=1S/C11H16BrN3/c1-14-8-13-4-10(14)6-15-5-9-2-11(15,3-9)7-12/h4,8-9H,2-3,5-7H2,1H3. The minimum Gasteiger partial charge on any atom is -0.337 e. The van der Waals surface area contributed by atoms with E-state index in [0.717, 1.165) is 17.8 Å². The van der Waals surface area contributed by atoms with E-state index in [-0.39, 0.29) is 0 Å². The summed E-state index contributed by atoms with van der Waals surface area (Å²) in [7, 11) is 2.07. The number of hydrogen-bond donors (Lipinski definition) is 0. The van der Waals surface area contributed by atoms with E-state index < -0.39 is 0 Å². The Morgan fingerprint density at radius 2 is 2.40 bits per heavy atom. The predicted octanol–water partition coefficient (Wildman–Crippen LogP) is 1.78. The number of imidazole rings is 1. The van der Waals surface area contributed by atoms with Gasteiger partial charge in [-0.3, -0.25) is 4.90 Å². The molecule has 3 fully saturated rings. The van der Waals surface area contributed by atoms with Gasteiger partial charge in [0.25, 0.3) is 0 Å². The van der Waals surface area contributed by atoms with E-state index in [1.165, 1.54) is 25.1 Å². The van der Waals surface area contributed by atoms with Crippen molar-refractivity contribution in [2.75, 3.05) is 11.9 Å². The lowest BCUT2D eigenvalue weighted by atomic mass is 9.75. The third-order valence-corrected chi connectivity index (χ3v) is 5.05. The van der Waals surface area contributed by atoms with Gasteiger partial charge in [0.05, 0.1) is 12.0 Å². The first-order valence-corrected chi connectivity index (χ1v) is 6.62. The second-order valence-corrected chi connectivity index (χ2v) is 5.57. The van der Waals surface area contributed by atoms with E-state index in [0.29, 0.717) is 5.54 Å². The minimum absolute atomic E-state index is 0.467. The summed E-state index contributed by atoms with van der Waals surface area (Å²) < 4.78 is 2.12. The second kappa shape index (κ2) is 3.32. The molecule has 0 unspecified atom stereocenters. The topological polar surface area (TPSA) is 21.1 Å². The minimum atomic E-state index is 0.467. The zero-order valence-corrected chi connectivity index (χ0v) is 10.6. The summed E-state index contributed by atoms with van der Waals surface area (Å²) >= 11 is 3.67. The summed E-state index contributed by atoms with van der Waals surface area (Å²) in [6.45, 7) is 2.33. The molecule has 0 amide bonds. The van der Waals surface area contributed by atoms with Crippen LogP contribution < -0.4 is 0 Å². The molecule has 2 aliphatic heterocycles. The summed E-state index contributed by atoms with van der Waals surface area (Å²) in [5.74, 6) is 0.954. The SMILES string of the molecule is Cn1cncc1CN1CC2CC1(CBr)C2. The van der Waals surface area contributed by atoms with Crippen molar-refractivity contribution in [3.05, 3.63) is 18.2 Å². The summed E-state index contributed by atoms with van der Waals surface area (Å²) in [5, 5.41) is 1.12. The average Bonchev–Trinajstić information content (AvgIpc) is 2.79. The summed E-state index contributed by atoms with van der Waals surface area (Å²) in [4.78, 5) is 6.80. The molecule has 0 atom stereocenters. The molecule has 0 radical (unpaired) electrons. The zero-order chi connectivity index (χ0) is 10.5. The van der Waals surface area contributed by atoms with Crippen molar-refractivity contribution in [3.63, 3.8) is 0 Å². The number of rotatable bonds is 3. The second-order valence-electron chi connectivity index (χ2n) is 5.01. The van der Waals surface area contributed by atoms with Gasteiger partial charge in [0.15, 0.2) is 0 Å². The molecule has 0 spiro atoms. The maximum atomic E-state index is 4.18.